The zero-order valence-electron chi connectivity index (χ0n) is 18.8. The Hall–Kier alpha value is -3.54. The fraction of sp³-hybridized carbons (Fsp3) is 0.348. The summed E-state index contributed by atoms with van der Waals surface area (Å²) < 4.78 is 39.6. The zero-order chi connectivity index (χ0) is 25.0. The Morgan fingerprint density at radius 1 is 1.11 bits per heavy atom. The molecule has 3 aromatic heterocycles. The highest BCUT2D eigenvalue weighted by Gasteiger charge is 2.34. The van der Waals surface area contributed by atoms with Crippen LogP contribution in [-0.2, 0) is 6.18 Å². The van der Waals surface area contributed by atoms with E-state index in [0.29, 0.717) is 28.8 Å². The van der Waals surface area contributed by atoms with Crippen molar-refractivity contribution in [2.75, 3.05) is 11.9 Å². The van der Waals surface area contributed by atoms with E-state index in [9.17, 15) is 22.8 Å². The summed E-state index contributed by atoms with van der Waals surface area (Å²) in [7, 11) is 0. The molecule has 0 saturated heterocycles. The van der Waals surface area contributed by atoms with Gasteiger partial charge in [0.1, 0.15) is 10.8 Å². The van der Waals surface area contributed by atoms with E-state index in [2.05, 4.69) is 30.9 Å². The fourth-order valence-corrected chi connectivity index (χ4v) is 4.69. The number of nitrogens with zero attached hydrogens (tertiary/aromatic N) is 3. The van der Waals surface area contributed by atoms with Crippen LogP contribution < -0.4 is 16.0 Å². The molecule has 0 radical (unpaired) electrons. The molecule has 3 aromatic rings. The van der Waals surface area contributed by atoms with E-state index in [-0.39, 0.29) is 22.8 Å². The van der Waals surface area contributed by atoms with Gasteiger partial charge in [-0.05, 0) is 31.9 Å². The minimum atomic E-state index is -4.59. The van der Waals surface area contributed by atoms with Gasteiger partial charge in [-0.1, -0.05) is 12.8 Å². The Labute approximate surface area is 203 Å². The highest BCUT2D eigenvalue weighted by molar-refractivity contribution is 7.13. The first-order valence-electron chi connectivity index (χ1n) is 11.1. The van der Waals surface area contributed by atoms with Gasteiger partial charge in [0, 0.05) is 53.2 Å². The van der Waals surface area contributed by atoms with Crippen molar-refractivity contribution in [3.63, 3.8) is 0 Å². The van der Waals surface area contributed by atoms with E-state index in [1.807, 2.05) is 0 Å². The summed E-state index contributed by atoms with van der Waals surface area (Å²) in [5.41, 5.74) is 0.557. The predicted molar refractivity (Wildman–Crippen MR) is 126 cm³/mol. The first kappa shape index (κ1) is 24.6. The van der Waals surface area contributed by atoms with E-state index in [1.54, 1.807) is 13.0 Å². The van der Waals surface area contributed by atoms with Gasteiger partial charge in [-0.15, -0.1) is 11.3 Å². The van der Waals surface area contributed by atoms with Gasteiger partial charge in [0.2, 0.25) is 0 Å². The van der Waals surface area contributed by atoms with Gasteiger partial charge in [-0.2, -0.15) is 13.2 Å². The first-order valence-corrected chi connectivity index (χ1v) is 12.0. The second-order valence-electron chi connectivity index (χ2n) is 8.05. The number of rotatable bonds is 6. The smallest absolute Gasteiger partial charge is 0.349 e. The highest BCUT2D eigenvalue weighted by Crippen LogP contribution is 2.38. The van der Waals surface area contributed by atoms with Gasteiger partial charge in [-0.3, -0.25) is 15.1 Å². The lowest BCUT2D eigenvalue weighted by Crippen LogP contribution is -2.32. The van der Waals surface area contributed by atoms with Gasteiger partial charge >= 0.3 is 12.2 Å². The van der Waals surface area contributed by atoms with Crippen LogP contribution >= 0.6 is 11.3 Å². The second kappa shape index (κ2) is 10.4. The number of thiazole rings is 1. The van der Waals surface area contributed by atoms with Crippen LogP contribution in [0.4, 0.5) is 23.8 Å². The SMILES string of the molecule is CCNC(=O)Nc1cc(-c2nc(C(F)(F)F)cs2)c(-c2cncc(C(=O)NC3CCCC3)c2)cn1. The number of carbonyl (C=O) groups is 2. The van der Waals surface area contributed by atoms with E-state index in [1.165, 1.54) is 24.7 Å². The minimum absolute atomic E-state index is 0.0921. The average Bonchev–Trinajstić information content (AvgIpc) is 3.51. The second-order valence-corrected chi connectivity index (χ2v) is 8.91. The van der Waals surface area contributed by atoms with E-state index >= 15 is 0 Å². The Balaban J connectivity index is 1.71. The molecule has 0 aliphatic heterocycles. The van der Waals surface area contributed by atoms with Gasteiger partial charge < -0.3 is 10.6 Å². The van der Waals surface area contributed by atoms with Crippen LogP contribution in [0.15, 0.2) is 36.1 Å². The maximum Gasteiger partial charge on any atom is 0.434 e. The Kier molecular flexibility index (Phi) is 7.29. The lowest BCUT2D eigenvalue weighted by Gasteiger charge is -2.14. The maximum atomic E-state index is 13.2. The fourth-order valence-electron chi connectivity index (χ4n) is 3.83. The van der Waals surface area contributed by atoms with Crippen LogP contribution in [0.25, 0.3) is 21.7 Å². The summed E-state index contributed by atoms with van der Waals surface area (Å²) in [5.74, 6) is -0.120. The molecule has 3 heterocycles. The molecule has 0 spiro atoms. The predicted octanol–water partition coefficient (Wildman–Crippen LogP) is 5.10. The summed E-state index contributed by atoms with van der Waals surface area (Å²) in [6.07, 6.45) is 3.77. The molecule has 35 heavy (non-hydrogen) atoms. The first-order chi connectivity index (χ1) is 16.7. The van der Waals surface area contributed by atoms with Gasteiger partial charge in [-0.25, -0.2) is 14.8 Å². The van der Waals surface area contributed by atoms with E-state index in [4.69, 9.17) is 0 Å². The summed E-state index contributed by atoms with van der Waals surface area (Å²) in [6.45, 7) is 2.14. The van der Waals surface area contributed by atoms with Crippen LogP contribution in [0.5, 0.6) is 0 Å². The molecule has 1 fully saturated rings. The largest absolute Gasteiger partial charge is 0.434 e. The van der Waals surface area contributed by atoms with E-state index < -0.39 is 17.9 Å². The minimum Gasteiger partial charge on any atom is -0.349 e. The van der Waals surface area contributed by atoms with Crippen molar-refractivity contribution in [3.05, 3.63) is 47.4 Å². The number of urea groups is 1. The van der Waals surface area contributed by atoms with Crippen molar-refractivity contribution in [2.24, 2.45) is 0 Å². The molecule has 12 heteroatoms. The zero-order valence-corrected chi connectivity index (χ0v) is 19.6. The number of aromatic nitrogens is 3. The number of carbonyl (C=O) groups excluding carboxylic acids is 2. The van der Waals surface area contributed by atoms with Crippen molar-refractivity contribution in [2.45, 2.75) is 44.8 Å². The van der Waals surface area contributed by atoms with E-state index in [0.717, 1.165) is 42.4 Å². The normalized spacial score (nSPS) is 14.1. The standard InChI is InChI=1S/C23H23F3N6O2S/c1-2-28-22(34)32-19-8-16(21-31-18(12-35-21)23(24,25)26)17(11-29-19)13-7-14(10-27-9-13)20(33)30-15-5-3-4-6-15/h7-12,15H,2-6H2,1H3,(H,30,33)(H2,28,29,32,34). The third kappa shape index (κ3) is 5.94. The Bertz CT molecular complexity index is 1220. The van der Waals surface area contributed by atoms with Gasteiger partial charge in [0.15, 0.2) is 5.69 Å². The molecular formula is C23H23F3N6O2S. The van der Waals surface area contributed by atoms with Crippen molar-refractivity contribution in [1.29, 1.82) is 0 Å². The molecule has 0 bridgehead atoms. The number of amides is 3. The molecule has 4 rings (SSSR count). The number of hydrogen-bond donors (Lipinski definition) is 3. The number of halogens is 3. The van der Waals surface area contributed by atoms with Gasteiger partial charge in [0.05, 0.1) is 5.56 Å². The number of anilines is 1. The van der Waals surface area contributed by atoms with Crippen LogP contribution in [0.1, 0.15) is 48.7 Å². The quantitative estimate of drug-likeness (QED) is 0.433. The molecule has 3 amide bonds. The van der Waals surface area contributed by atoms with Crippen LogP contribution in [0.3, 0.4) is 0 Å². The van der Waals surface area contributed by atoms with Crippen LogP contribution in [0.2, 0.25) is 0 Å². The topological polar surface area (TPSA) is 109 Å². The molecule has 1 aliphatic carbocycles. The van der Waals surface area contributed by atoms with Gasteiger partial charge in [0.25, 0.3) is 5.91 Å². The van der Waals surface area contributed by atoms with Crippen molar-refractivity contribution >= 4 is 29.1 Å². The molecule has 8 nitrogen and oxygen atoms in total. The molecule has 0 aromatic carbocycles. The number of pyridine rings is 2. The van der Waals surface area contributed by atoms with Crippen molar-refractivity contribution < 1.29 is 22.8 Å². The third-order valence-corrected chi connectivity index (χ3v) is 6.39. The molecule has 184 valence electrons. The number of nitrogens with one attached hydrogen (secondary N) is 3. The number of hydrogen-bond acceptors (Lipinski definition) is 6. The molecule has 0 atom stereocenters. The molecule has 0 unspecified atom stereocenters. The molecular weight excluding hydrogens is 481 g/mol. The molecule has 1 saturated carbocycles. The van der Waals surface area contributed by atoms with Crippen LogP contribution in [-0.4, -0.2) is 39.5 Å². The summed E-state index contributed by atoms with van der Waals surface area (Å²) in [6, 6.07) is 2.70. The summed E-state index contributed by atoms with van der Waals surface area (Å²) in [5, 5.41) is 9.14. The molecule has 1 aliphatic rings. The highest BCUT2D eigenvalue weighted by atomic mass is 32.1. The Morgan fingerprint density at radius 2 is 1.89 bits per heavy atom. The monoisotopic (exact) mass is 504 g/mol. The summed E-state index contributed by atoms with van der Waals surface area (Å²) in [4.78, 5) is 36.8. The maximum absolute atomic E-state index is 13.2. The van der Waals surface area contributed by atoms with Crippen LogP contribution in [0, 0.1) is 0 Å². The molecule has 3 N–H and O–H groups in total. The average molecular weight is 505 g/mol. The lowest BCUT2D eigenvalue weighted by atomic mass is 10.0. The van der Waals surface area contributed by atoms with Crippen molar-refractivity contribution in [1.82, 2.24) is 25.6 Å². The summed E-state index contributed by atoms with van der Waals surface area (Å²) >= 11 is 0.821. The lowest BCUT2D eigenvalue weighted by molar-refractivity contribution is -0.140. The van der Waals surface area contributed by atoms with Crippen molar-refractivity contribution in [3.8, 4) is 21.7 Å². The Morgan fingerprint density at radius 3 is 2.57 bits per heavy atom. The third-order valence-electron chi connectivity index (χ3n) is 5.51. The number of alkyl halides is 3.